The van der Waals surface area contributed by atoms with Crippen LogP contribution in [0.25, 0.3) is 0 Å². The van der Waals surface area contributed by atoms with Crippen LogP contribution in [0.1, 0.15) is 58.8 Å². The third-order valence-electron chi connectivity index (χ3n) is 3.61. The van der Waals surface area contributed by atoms with E-state index in [1.54, 1.807) is 0 Å². The number of rotatable bonds is 7. The van der Waals surface area contributed by atoms with Crippen molar-refractivity contribution in [1.29, 1.82) is 0 Å². The second-order valence-electron chi connectivity index (χ2n) is 5.56. The SMILES string of the molecule is CCCC(OC(=O)C(C)=CC(=O)O)OC(=O)C1CCCCC1. The average Bonchev–Trinajstić information content (AvgIpc) is 2.47. The summed E-state index contributed by atoms with van der Waals surface area (Å²) in [6.07, 6.45) is 5.67. The average molecular weight is 312 g/mol. The summed E-state index contributed by atoms with van der Waals surface area (Å²) in [6.45, 7) is 3.23. The maximum absolute atomic E-state index is 12.1. The fourth-order valence-corrected chi connectivity index (χ4v) is 2.40. The van der Waals surface area contributed by atoms with Gasteiger partial charge in [-0.1, -0.05) is 26.2 Å². The van der Waals surface area contributed by atoms with Gasteiger partial charge in [0.2, 0.25) is 6.29 Å². The predicted octanol–water partition coefficient (Wildman–Crippen LogP) is 2.81. The van der Waals surface area contributed by atoms with Crippen molar-refractivity contribution < 1.29 is 29.0 Å². The van der Waals surface area contributed by atoms with E-state index in [1.165, 1.54) is 6.92 Å². The largest absolute Gasteiger partial charge is 0.478 e. The summed E-state index contributed by atoms with van der Waals surface area (Å²) in [5, 5.41) is 8.62. The highest BCUT2D eigenvalue weighted by Crippen LogP contribution is 2.25. The van der Waals surface area contributed by atoms with Gasteiger partial charge in [0.15, 0.2) is 0 Å². The van der Waals surface area contributed by atoms with E-state index in [-0.39, 0.29) is 17.5 Å². The Morgan fingerprint density at radius 3 is 2.36 bits per heavy atom. The molecule has 1 saturated carbocycles. The zero-order valence-electron chi connectivity index (χ0n) is 13.2. The molecule has 1 rings (SSSR count). The molecular formula is C16H24O6. The molecule has 0 amide bonds. The number of carbonyl (C=O) groups excluding carboxylic acids is 2. The first-order valence-corrected chi connectivity index (χ1v) is 7.76. The Morgan fingerprint density at radius 2 is 1.82 bits per heavy atom. The van der Waals surface area contributed by atoms with E-state index < -0.39 is 18.2 Å². The van der Waals surface area contributed by atoms with Crippen molar-refractivity contribution in [2.45, 2.75) is 65.1 Å². The van der Waals surface area contributed by atoms with Crippen LogP contribution in [-0.2, 0) is 23.9 Å². The molecule has 1 N–H and O–H groups in total. The first kappa shape index (κ1) is 18.2. The molecule has 0 spiro atoms. The molecule has 22 heavy (non-hydrogen) atoms. The topological polar surface area (TPSA) is 89.9 Å². The Morgan fingerprint density at radius 1 is 1.18 bits per heavy atom. The van der Waals surface area contributed by atoms with E-state index in [1.807, 2.05) is 6.92 Å². The first-order chi connectivity index (χ1) is 10.4. The summed E-state index contributed by atoms with van der Waals surface area (Å²) in [6, 6.07) is 0. The van der Waals surface area contributed by atoms with Crippen LogP contribution in [0.2, 0.25) is 0 Å². The van der Waals surface area contributed by atoms with Crippen molar-refractivity contribution in [1.82, 2.24) is 0 Å². The van der Waals surface area contributed by atoms with E-state index >= 15 is 0 Å². The van der Waals surface area contributed by atoms with Crippen LogP contribution in [-0.4, -0.2) is 29.3 Å². The van der Waals surface area contributed by atoms with Gasteiger partial charge in [-0.25, -0.2) is 9.59 Å². The summed E-state index contributed by atoms with van der Waals surface area (Å²) in [4.78, 5) is 34.4. The lowest BCUT2D eigenvalue weighted by Crippen LogP contribution is -2.29. The molecule has 6 nitrogen and oxygen atoms in total. The van der Waals surface area contributed by atoms with E-state index in [0.29, 0.717) is 12.8 Å². The standard InChI is InChI=1S/C16H24O6/c1-3-7-14(21-15(19)11(2)10-13(17)18)22-16(20)12-8-5-4-6-9-12/h10,12,14H,3-9H2,1-2H3,(H,17,18). The highest BCUT2D eigenvalue weighted by Gasteiger charge is 2.26. The summed E-state index contributed by atoms with van der Waals surface area (Å²) in [5.74, 6) is -2.45. The Bertz CT molecular complexity index is 434. The summed E-state index contributed by atoms with van der Waals surface area (Å²) < 4.78 is 10.4. The van der Waals surface area contributed by atoms with Crippen molar-refractivity contribution >= 4 is 17.9 Å². The maximum atomic E-state index is 12.1. The van der Waals surface area contributed by atoms with E-state index in [4.69, 9.17) is 14.6 Å². The van der Waals surface area contributed by atoms with Crippen LogP contribution < -0.4 is 0 Å². The zero-order chi connectivity index (χ0) is 16.5. The molecule has 0 heterocycles. The van der Waals surface area contributed by atoms with E-state index in [0.717, 1.165) is 38.2 Å². The molecule has 1 aliphatic carbocycles. The lowest BCUT2D eigenvalue weighted by atomic mass is 9.89. The van der Waals surface area contributed by atoms with Crippen LogP contribution in [0, 0.1) is 5.92 Å². The molecule has 0 saturated heterocycles. The van der Waals surface area contributed by atoms with Gasteiger partial charge in [-0.3, -0.25) is 4.79 Å². The number of aliphatic carboxylic acids is 1. The maximum Gasteiger partial charge on any atom is 0.337 e. The molecule has 0 aromatic rings. The number of hydrogen-bond donors (Lipinski definition) is 1. The summed E-state index contributed by atoms with van der Waals surface area (Å²) >= 11 is 0. The Balaban J connectivity index is 2.58. The molecule has 6 heteroatoms. The number of esters is 2. The summed E-state index contributed by atoms with van der Waals surface area (Å²) in [7, 11) is 0. The molecule has 0 aromatic heterocycles. The van der Waals surface area contributed by atoms with Crippen LogP contribution in [0.15, 0.2) is 11.6 Å². The van der Waals surface area contributed by atoms with Crippen molar-refractivity contribution in [3.8, 4) is 0 Å². The minimum absolute atomic E-state index is 0.0395. The van der Waals surface area contributed by atoms with Gasteiger partial charge in [-0.15, -0.1) is 0 Å². The number of hydrogen-bond acceptors (Lipinski definition) is 5. The molecule has 1 unspecified atom stereocenters. The van der Waals surface area contributed by atoms with Gasteiger partial charge in [0.1, 0.15) is 0 Å². The van der Waals surface area contributed by atoms with Crippen LogP contribution in [0.5, 0.6) is 0 Å². The normalized spacial score (nSPS) is 17.6. The molecule has 0 aromatic carbocycles. The molecule has 0 radical (unpaired) electrons. The minimum Gasteiger partial charge on any atom is -0.478 e. The molecule has 1 fully saturated rings. The Hall–Kier alpha value is -1.85. The lowest BCUT2D eigenvalue weighted by Gasteiger charge is -2.23. The number of ether oxygens (including phenoxy) is 2. The predicted molar refractivity (Wildman–Crippen MR) is 78.8 cm³/mol. The van der Waals surface area contributed by atoms with Crippen LogP contribution in [0.4, 0.5) is 0 Å². The van der Waals surface area contributed by atoms with Crippen molar-refractivity contribution in [2.24, 2.45) is 5.92 Å². The molecule has 1 atom stereocenters. The monoisotopic (exact) mass is 312 g/mol. The molecular weight excluding hydrogens is 288 g/mol. The highest BCUT2D eigenvalue weighted by molar-refractivity contribution is 5.95. The Kier molecular flexibility index (Phi) is 7.63. The molecule has 124 valence electrons. The third-order valence-corrected chi connectivity index (χ3v) is 3.61. The van der Waals surface area contributed by atoms with Gasteiger partial charge in [-0.2, -0.15) is 0 Å². The number of carboxylic acids is 1. The van der Waals surface area contributed by atoms with Crippen molar-refractivity contribution in [3.63, 3.8) is 0 Å². The van der Waals surface area contributed by atoms with Gasteiger partial charge in [-0.05, 0) is 26.2 Å². The van der Waals surface area contributed by atoms with Gasteiger partial charge >= 0.3 is 17.9 Å². The van der Waals surface area contributed by atoms with Gasteiger partial charge < -0.3 is 14.6 Å². The molecule has 1 aliphatic rings. The molecule has 0 aliphatic heterocycles. The molecule has 0 bridgehead atoms. The highest BCUT2D eigenvalue weighted by atomic mass is 16.7. The Labute approximate surface area is 130 Å². The quantitative estimate of drug-likeness (QED) is 0.441. The van der Waals surface area contributed by atoms with Gasteiger partial charge in [0.05, 0.1) is 5.92 Å². The fraction of sp³-hybridized carbons (Fsp3) is 0.688. The second kappa shape index (κ2) is 9.23. The smallest absolute Gasteiger partial charge is 0.337 e. The summed E-state index contributed by atoms with van der Waals surface area (Å²) in [5.41, 5.74) is -0.0395. The fourth-order valence-electron chi connectivity index (χ4n) is 2.40. The van der Waals surface area contributed by atoms with Gasteiger partial charge in [0, 0.05) is 18.1 Å². The number of carbonyl (C=O) groups is 3. The van der Waals surface area contributed by atoms with Gasteiger partial charge in [0.25, 0.3) is 0 Å². The van der Waals surface area contributed by atoms with Crippen LogP contribution >= 0.6 is 0 Å². The van der Waals surface area contributed by atoms with Crippen LogP contribution in [0.3, 0.4) is 0 Å². The zero-order valence-corrected chi connectivity index (χ0v) is 13.2. The third kappa shape index (κ3) is 6.28. The minimum atomic E-state index is -1.22. The number of carboxylic acid groups (broad SMARTS) is 1. The lowest BCUT2D eigenvalue weighted by molar-refractivity contribution is -0.190. The second-order valence-corrected chi connectivity index (χ2v) is 5.56. The van der Waals surface area contributed by atoms with Crippen molar-refractivity contribution in [3.05, 3.63) is 11.6 Å². The van der Waals surface area contributed by atoms with E-state index in [2.05, 4.69) is 0 Å². The van der Waals surface area contributed by atoms with Crippen molar-refractivity contribution in [2.75, 3.05) is 0 Å². The van der Waals surface area contributed by atoms with E-state index in [9.17, 15) is 14.4 Å². The first-order valence-electron chi connectivity index (χ1n) is 7.76.